The van der Waals surface area contributed by atoms with Crippen molar-refractivity contribution in [2.24, 2.45) is 0 Å². The highest BCUT2D eigenvalue weighted by atomic mass is 35.5. The Balaban J connectivity index is 1.68. The number of carbonyl (C=O) groups excluding carboxylic acids is 1. The van der Waals surface area contributed by atoms with Gasteiger partial charge in [-0.2, -0.15) is 5.10 Å². The molecular formula is C18H16ClN3O. The first-order valence-corrected chi connectivity index (χ1v) is 8.11. The molecule has 1 aliphatic heterocycles. The summed E-state index contributed by atoms with van der Waals surface area (Å²) in [4.78, 5) is 14.9. The largest absolute Gasteiger partial charge is 0.330 e. The molecule has 1 atom stereocenters. The van der Waals surface area contributed by atoms with Crippen LogP contribution in [0.5, 0.6) is 0 Å². The first kappa shape index (κ1) is 14.3. The molecule has 5 heteroatoms. The van der Waals surface area contributed by atoms with Crippen LogP contribution in [0.15, 0.2) is 48.5 Å². The van der Waals surface area contributed by atoms with Crippen molar-refractivity contribution in [2.75, 3.05) is 6.54 Å². The van der Waals surface area contributed by atoms with E-state index in [4.69, 9.17) is 11.6 Å². The molecule has 1 amide bonds. The van der Waals surface area contributed by atoms with Crippen LogP contribution >= 0.6 is 11.6 Å². The van der Waals surface area contributed by atoms with Crippen LogP contribution in [-0.4, -0.2) is 27.5 Å². The van der Waals surface area contributed by atoms with Crippen molar-refractivity contribution in [3.8, 4) is 0 Å². The molecule has 1 saturated heterocycles. The van der Waals surface area contributed by atoms with Crippen LogP contribution in [-0.2, 0) is 0 Å². The van der Waals surface area contributed by atoms with Gasteiger partial charge in [0.05, 0.1) is 11.6 Å². The summed E-state index contributed by atoms with van der Waals surface area (Å²) in [6.07, 6.45) is 1.97. The first-order chi connectivity index (χ1) is 11.2. The van der Waals surface area contributed by atoms with E-state index in [1.807, 2.05) is 53.4 Å². The number of hydrogen-bond donors (Lipinski definition) is 1. The van der Waals surface area contributed by atoms with Gasteiger partial charge in [-0.25, -0.2) is 0 Å². The number of H-pyrrole nitrogens is 1. The summed E-state index contributed by atoms with van der Waals surface area (Å²) in [6.45, 7) is 0.757. The molecule has 4 nitrogen and oxygen atoms in total. The molecule has 1 N–H and O–H groups in total. The van der Waals surface area contributed by atoms with E-state index in [1.54, 1.807) is 0 Å². The number of carbonyl (C=O) groups is 1. The maximum Gasteiger partial charge on any atom is 0.275 e. The van der Waals surface area contributed by atoms with Crippen molar-refractivity contribution in [1.29, 1.82) is 0 Å². The van der Waals surface area contributed by atoms with Crippen LogP contribution in [0, 0.1) is 0 Å². The van der Waals surface area contributed by atoms with Gasteiger partial charge in [0.25, 0.3) is 5.91 Å². The van der Waals surface area contributed by atoms with Crippen molar-refractivity contribution in [3.05, 3.63) is 64.8 Å². The van der Waals surface area contributed by atoms with Gasteiger partial charge in [0.2, 0.25) is 0 Å². The van der Waals surface area contributed by atoms with Gasteiger partial charge in [-0.15, -0.1) is 0 Å². The number of nitrogens with one attached hydrogen (secondary N) is 1. The van der Waals surface area contributed by atoms with Crippen molar-refractivity contribution >= 4 is 28.4 Å². The van der Waals surface area contributed by atoms with E-state index in [2.05, 4.69) is 10.2 Å². The Labute approximate surface area is 139 Å². The number of halogens is 1. The molecule has 0 radical (unpaired) electrons. The summed E-state index contributed by atoms with van der Waals surface area (Å²) >= 11 is 5.97. The molecule has 0 bridgehead atoms. The van der Waals surface area contributed by atoms with Crippen LogP contribution < -0.4 is 0 Å². The SMILES string of the molecule is O=C(c1n[nH]c2ccccc12)N1CCC[C@@H]1c1ccc(Cl)cc1. The highest BCUT2D eigenvalue weighted by Crippen LogP contribution is 2.34. The number of benzene rings is 2. The molecule has 3 aromatic rings. The van der Waals surface area contributed by atoms with Crippen LogP contribution in [0.3, 0.4) is 0 Å². The molecule has 1 aromatic heterocycles. The molecular weight excluding hydrogens is 310 g/mol. The molecule has 4 rings (SSSR count). The van der Waals surface area contributed by atoms with Gasteiger partial charge in [-0.1, -0.05) is 41.9 Å². The number of para-hydroxylation sites is 1. The Hall–Kier alpha value is -2.33. The normalized spacial score (nSPS) is 17.8. The number of hydrogen-bond acceptors (Lipinski definition) is 2. The van der Waals surface area contributed by atoms with E-state index < -0.39 is 0 Å². The lowest BCUT2D eigenvalue weighted by atomic mass is 10.0. The third-order valence-electron chi connectivity index (χ3n) is 4.44. The summed E-state index contributed by atoms with van der Waals surface area (Å²) < 4.78 is 0. The summed E-state index contributed by atoms with van der Waals surface area (Å²) in [5.41, 5.74) is 2.51. The second-order valence-corrected chi connectivity index (χ2v) is 6.26. The lowest BCUT2D eigenvalue weighted by Gasteiger charge is -2.24. The van der Waals surface area contributed by atoms with Gasteiger partial charge in [0.15, 0.2) is 5.69 Å². The number of fused-ring (bicyclic) bond motifs is 1. The zero-order chi connectivity index (χ0) is 15.8. The standard InChI is InChI=1S/C18H16ClN3O/c19-13-9-7-12(8-10-13)16-6-3-11-22(16)18(23)17-14-4-1-2-5-15(14)20-21-17/h1-2,4-5,7-10,16H,3,6,11H2,(H,20,21)/t16-/m1/s1. The number of amides is 1. The van der Waals surface area contributed by atoms with E-state index in [9.17, 15) is 4.79 Å². The van der Waals surface area contributed by atoms with E-state index >= 15 is 0 Å². The maximum atomic E-state index is 13.0. The summed E-state index contributed by atoms with van der Waals surface area (Å²) in [5, 5.41) is 8.77. The summed E-state index contributed by atoms with van der Waals surface area (Å²) in [7, 11) is 0. The molecule has 116 valence electrons. The fourth-order valence-electron chi connectivity index (χ4n) is 3.30. The zero-order valence-corrected chi connectivity index (χ0v) is 13.3. The molecule has 0 unspecified atom stereocenters. The van der Waals surface area contributed by atoms with Crippen LogP contribution in [0.1, 0.15) is 34.9 Å². The number of likely N-dealkylation sites (tertiary alicyclic amines) is 1. The second-order valence-electron chi connectivity index (χ2n) is 5.83. The number of aromatic nitrogens is 2. The monoisotopic (exact) mass is 325 g/mol. The number of rotatable bonds is 2. The molecule has 0 saturated carbocycles. The summed E-state index contributed by atoms with van der Waals surface area (Å²) in [6, 6.07) is 15.6. The minimum atomic E-state index is -0.0140. The Morgan fingerprint density at radius 3 is 2.78 bits per heavy atom. The number of nitrogens with zero attached hydrogens (tertiary/aromatic N) is 2. The Bertz CT molecular complexity index is 856. The lowest BCUT2D eigenvalue weighted by molar-refractivity contribution is 0.0731. The van der Waals surface area contributed by atoms with Crippen molar-refractivity contribution in [2.45, 2.75) is 18.9 Å². The average Bonchev–Trinajstić information content (AvgIpc) is 3.22. The smallest absolute Gasteiger partial charge is 0.275 e. The van der Waals surface area contributed by atoms with Gasteiger partial charge >= 0.3 is 0 Å². The van der Waals surface area contributed by atoms with Gasteiger partial charge in [-0.05, 0) is 36.6 Å². The summed E-state index contributed by atoms with van der Waals surface area (Å²) in [5.74, 6) is -0.0140. The topological polar surface area (TPSA) is 49.0 Å². The van der Waals surface area contributed by atoms with Crippen molar-refractivity contribution in [3.63, 3.8) is 0 Å². The van der Waals surface area contributed by atoms with Crippen molar-refractivity contribution < 1.29 is 4.79 Å². The third-order valence-corrected chi connectivity index (χ3v) is 4.69. The zero-order valence-electron chi connectivity index (χ0n) is 12.5. The molecule has 2 heterocycles. The molecule has 23 heavy (non-hydrogen) atoms. The minimum Gasteiger partial charge on any atom is -0.330 e. The number of aromatic amines is 1. The molecule has 0 aliphatic carbocycles. The van der Waals surface area contributed by atoms with E-state index in [-0.39, 0.29) is 11.9 Å². The van der Waals surface area contributed by atoms with Gasteiger partial charge < -0.3 is 4.90 Å². The third kappa shape index (κ3) is 2.49. The minimum absolute atomic E-state index is 0.0140. The van der Waals surface area contributed by atoms with Crippen LogP contribution in [0.4, 0.5) is 0 Å². The fourth-order valence-corrected chi connectivity index (χ4v) is 3.43. The van der Waals surface area contributed by atoms with E-state index in [0.717, 1.165) is 35.9 Å². The predicted molar refractivity (Wildman–Crippen MR) is 90.6 cm³/mol. The predicted octanol–water partition coefficient (Wildman–Crippen LogP) is 4.19. The maximum absolute atomic E-state index is 13.0. The lowest BCUT2D eigenvalue weighted by Crippen LogP contribution is -2.31. The van der Waals surface area contributed by atoms with E-state index in [1.165, 1.54) is 0 Å². The Morgan fingerprint density at radius 1 is 1.17 bits per heavy atom. The van der Waals surface area contributed by atoms with Crippen LogP contribution in [0.25, 0.3) is 10.9 Å². The average molecular weight is 326 g/mol. The van der Waals surface area contributed by atoms with Gasteiger partial charge in [-0.3, -0.25) is 9.89 Å². The molecule has 0 spiro atoms. The molecule has 1 aliphatic rings. The van der Waals surface area contributed by atoms with E-state index in [0.29, 0.717) is 10.7 Å². The Morgan fingerprint density at radius 2 is 1.96 bits per heavy atom. The Kier molecular flexibility index (Phi) is 3.54. The highest BCUT2D eigenvalue weighted by Gasteiger charge is 2.32. The van der Waals surface area contributed by atoms with Crippen LogP contribution in [0.2, 0.25) is 5.02 Å². The molecule has 2 aromatic carbocycles. The molecule has 1 fully saturated rings. The van der Waals surface area contributed by atoms with Gasteiger partial charge in [0.1, 0.15) is 0 Å². The first-order valence-electron chi connectivity index (χ1n) is 7.73. The van der Waals surface area contributed by atoms with Crippen molar-refractivity contribution in [1.82, 2.24) is 15.1 Å². The highest BCUT2D eigenvalue weighted by molar-refractivity contribution is 6.30. The second kappa shape index (κ2) is 5.70. The fraction of sp³-hybridized carbons (Fsp3) is 0.222. The van der Waals surface area contributed by atoms with Gasteiger partial charge in [0, 0.05) is 17.0 Å². The quantitative estimate of drug-likeness (QED) is 0.768.